The fourth-order valence-corrected chi connectivity index (χ4v) is 3.66. The molecule has 0 aromatic heterocycles. The van der Waals surface area contributed by atoms with Crippen LogP contribution < -0.4 is 5.32 Å². The second kappa shape index (κ2) is 8.26. The molecule has 2 atom stereocenters. The SMILES string of the molecule is CCc1ccc(C(NC)C(C)SCc2ccccc2)cc1. The summed E-state index contributed by atoms with van der Waals surface area (Å²) >= 11 is 2.00. The summed E-state index contributed by atoms with van der Waals surface area (Å²) in [6.07, 6.45) is 1.10. The third kappa shape index (κ3) is 4.62. The van der Waals surface area contributed by atoms with Crippen molar-refractivity contribution >= 4 is 11.8 Å². The number of hydrogen-bond donors (Lipinski definition) is 1. The Bertz CT molecular complexity index is 521. The highest BCUT2D eigenvalue weighted by molar-refractivity contribution is 7.99. The minimum Gasteiger partial charge on any atom is -0.312 e. The van der Waals surface area contributed by atoms with Gasteiger partial charge in [-0.2, -0.15) is 11.8 Å². The quantitative estimate of drug-likeness (QED) is 0.786. The van der Waals surface area contributed by atoms with E-state index in [-0.39, 0.29) is 0 Å². The number of nitrogens with one attached hydrogen (secondary N) is 1. The maximum atomic E-state index is 3.47. The number of hydrogen-bond acceptors (Lipinski definition) is 2. The van der Waals surface area contributed by atoms with E-state index in [4.69, 9.17) is 0 Å². The van der Waals surface area contributed by atoms with E-state index in [0.29, 0.717) is 11.3 Å². The molecule has 0 aliphatic heterocycles. The van der Waals surface area contributed by atoms with Crippen molar-refractivity contribution in [3.63, 3.8) is 0 Å². The van der Waals surface area contributed by atoms with Crippen molar-refractivity contribution < 1.29 is 0 Å². The zero-order valence-corrected chi connectivity index (χ0v) is 14.0. The van der Waals surface area contributed by atoms with Gasteiger partial charge < -0.3 is 5.32 Å². The van der Waals surface area contributed by atoms with Crippen LogP contribution in [0.2, 0.25) is 0 Å². The summed E-state index contributed by atoms with van der Waals surface area (Å²) < 4.78 is 0. The van der Waals surface area contributed by atoms with Crippen LogP contribution in [0.1, 0.15) is 36.6 Å². The van der Waals surface area contributed by atoms with E-state index in [1.807, 2.05) is 11.8 Å². The van der Waals surface area contributed by atoms with E-state index < -0.39 is 0 Å². The zero-order valence-electron chi connectivity index (χ0n) is 13.2. The third-order valence-corrected chi connectivity index (χ3v) is 5.18. The summed E-state index contributed by atoms with van der Waals surface area (Å²) in [6, 6.07) is 20.1. The van der Waals surface area contributed by atoms with Gasteiger partial charge in [0.15, 0.2) is 0 Å². The van der Waals surface area contributed by atoms with Crippen molar-refractivity contribution in [2.45, 2.75) is 37.3 Å². The van der Waals surface area contributed by atoms with Crippen molar-refractivity contribution in [3.05, 3.63) is 71.3 Å². The lowest BCUT2D eigenvalue weighted by Crippen LogP contribution is -2.25. The molecule has 0 fully saturated rings. The number of rotatable bonds is 7. The number of thioether (sulfide) groups is 1. The Kier molecular flexibility index (Phi) is 6.34. The monoisotopic (exact) mass is 299 g/mol. The Balaban J connectivity index is 1.98. The predicted octanol–water partition coefficient (Wildman–Crippen LogP) is 4.83. The van der Waals surface area contributed by atoms with Gasteiger partial charge in [-0.25, -0.2) is 0 Å². The van der Waals surface area contributed by atoms with Crippen LogP contribution in [0.3, 0.4) is 0 Å². The fourth-order valence-electron chi connectivity index (χ4n) is 2.53. The van der Waals surface area contributed by atoms with Crippen LogP contribution >= 0.6 is 11.8 Å². The molecule has 1 nitrogen and oxygen atoms in total. The zero-order chi connectivity index (χ0) is 15.1. The summed E-state index contributed by atoms with van der Waals surface area (Å²) in [7, 11) is 2.05. The molecule has 2 aromatic rings. The average Bonchev–Trinajstić information content (AvgIpc) is 2.55. The normalized spacial score (nSPS) is 13.9. The molecule has 0 heterocycles. The Morgan fingerprint density at radius 1 is 0.952 bits per heavy atom. The number of benzene rings is 2. The van der Waals surface area contributed by atoms with Gasteiger partial charge in [-0.3, -0.25) is 0 Å². The van der Waals surface area contributed by atoms with E-state index in [1.54, 1.807) is 0 Å². The molecule has 0 bridgehead atoms. The van der Waals surface area contributed by atoms with Crippen LogP contribution in [0.15, 0.2) is 54.6 Å². The van der Waals surface area contributed by atoms with Gasteiger partial charge >= 0.3 is 0 Å². The summed E-state index contributed by atoms with van der Waals surface area (Å²) in [5.41, 5.74) is 4.17. The van der Waals surface area contributed by atoms with Crippen LogP contribution in [-0.2, 0) is 12.2 Å². The molecule has 2 unspecified atom stereocenters. The van der Waals surface area contributed by atoms with Crippen molar-refractivity contribution in [2.24, 2.45) is 0 Å². The molecule has 1 N–H and O–H groups in total. The molecule has 21 heavy (non-hydrogen) atoms. The van der Waals surface area contributed by atoms with Gasteiger partial charge in [0.1, 0.15) is 0 Å². The van der Waals surface area contributed by atoms with E-state index >= 15 is 0 Å². The van der Waals surface area contributed by atoms with Crippen molar-refractivity contribution in [2.75, 3.05) is 7.05 Å². The Labute approximate surface area is 133 Å². The highest BCUT2D eigenvalue weighted by atomic mass is 32.2. The van der Waals surface area contributed by atoms with E-state index in [9.17, 15) is 0 Å². The molecule has 0 spiro atoms. The molecule has 0 saturated heterocycles. The Hall–Kier alpha value is -1.25. The lowest BCUT2D eigenvalue weighted by Gasteiger charge is -2.24. The lowest BCUT2D eigenvalue weighted by atomic mass is 10.0. The molecule has 0 amide bonds. The van der Waals surface area contributed by atoms with Crippen molar-refractivity contribution in [1.29, 1.82) is 0 Å². The van der Waals surface area contributed by atoms with Crippen molar-refractivity contribution in [3.8, 4) is 0 Å². The molecule has 0 aliphatic rings. The predicted molar refractivity (Wildman–Crippen MR) is 94.8 cm³/mol. The number of aryl methyl sites for hydroxylation is 1. The highest BCUT2D eigenvalue weighted by Crippen LogP contribution is 2.28. The molecular weight excluding hydrogens is 274 g/mol. The second-order valence-electron chi connectivity index (χ2n) is 5.36. The third-order valence-electron chi connectivity index (χ3n) is 3.88. The molecule has 0 aliphatic carbocycles. The minimum atomic E-state index is 0.393. The van der Waals surface area contributed by atoms with Crippen LogP contribution in [-0.4, -0.2) is 12.3 Å². The van der Waals surface area contributed by atoms with E-state index in [0.717, 1.165) is 12.2 Å². The highest BCUT2D eigenvalue weighted by Gasteiger charge is 2.17. The van der Waals surface area contributed by atoms with Crippen molar-refractivity contribution in [1.82, 2.24) is 5.32 Å². The molecule has 112 valence electrons. The van der Waals surface area contributed by atoms with Gasteiger partial charge in [0.05, 0.1) is 0 Å². The van der Waals surface area contributed by atoms with Crippen LogP contribution in [0.4, 0.5) is 0 Å². The molecule has 0 radical (unpaired) electrons. The molecular formula is C19H25NS. The van der Waals surface area contributed by atoms with Gasteiger partial charge in [-0.15, -0.1) is 0 Å². The maximum absolute atomic E-state index is 3.47. The molecule has 0 saturated carbocycles. The second-order valence-corrected chi connectivity index (χ2v) is 6.73. The summed E-state index contributed by atoms with van der Waals surface area (Å²) in [4.78, 5) is 0. The van der Waals surface area contributed by atoms with Gasteiger partial charge in [0, 0.05) is 17.0 Å². The largest absolute Gasteiger partial charge is 0.312 e. The van der Waals surface area contributed by atoms with Crippen LogP contribution in [0.25, 0.3) is 0 Å². The van der Waals surface area contributed by atoms with E-state index in [1.165, 1.54) is 16.7 Å². The molecule has 2 rings (SSSR count). The summed E-state index contributed by atoms with van der Waals surface area (Å²) in [5.74, 6) is 1.06. The van der Waals surface area contributed by atoms with Gasteiger partial charge in [0.25, 0.3) is 0 Å². The van der Waals surface area contributed by atoms with E-state index in [2.05, 4.69) is 80.8 Å². The minimum absolute atomic E-state index is 0.393. The first kappa shape index (κ1) is 16.1. The standard InChI is InChI=1S/C19H25NS/c1-4-16-10-12-18(13-11-16)19(20-3)15(2)21-14-17-8-6-5-7-9-17/h5-13,15,19-20H,4,14H2,1-3H3. The topological polar surface area (TPSA) is 12.0 Å². The summed E-state index contributed by atoms with van der Waals surface area (Å²) in [6.45, 7) is 4.51. The molecule has 2 aromatic carbocycles. The summed E-state index contributed by atoms with van der Waals surface area (Å²) in [5, 5.41) is 4.00. The smallest absolute Gasteiger partial charge is 0.0435 e. The fraction of sp³-hybridized carbons (Fsp3) is 0.368. The van der Waals surface area contributed by atoms with Crippen LogP contribution in [0.5, 0.6) is 0 Å². The Morgan fingerprint density at radius 2 is 1.62 bits per heavy atom. The molecule has 2 heteroatoms. The van der Waals surface area contributed by atoms with Gasteiger partial charge in [0.2, 0.25) is 0 Å². The maximum Gasteiger partial charge on any atom is 0.0435 e. The first-order valence-corrected chi connectivity index (χ1v) is 8.71. The van der Waals surface area contributed by atoms with Gasteiger partial charge in [-0.05, 0) is 30.2 Å². The first-order chi connectivity index (χ1) is 10.2. The van der Waals surface area contributed by atoms with Crippen LogP contribution in [0, 0.1) is 0 Å². The first-order valence-electron chi connectivity index (χ1n) is 7.66. The average molecular weight is 299 g/mol. The Morgan fingerprint density at radius 3 is 2.19 bits per heavy atom. The van der Waals surface area contributed by atoms with Gasteiger partial charge in [-0.1, -0.05) is 68.4 Å². The lowest BCUT2D eigenvalue weighted by molar-refractivity contribution is 0.589.